The van der Waals surface area contributed by atoms with Crippen LogP contribution in [0.1, 0.15) is 37.3 Å². The number of carbonyl (C=O) groups excluding carboxylic acids is 1. The Kier molecular flexibility index (Phi) is 3.62. The molecule has 0 N–H and O–H groups in total. The van der Waals surface area contributed by atoms with Gasteiger partial charge in [0.25, 0.3) is 0 Å². The zero-order valence-corrected chi connectivity index (χ0v) is 12.5. The molecule has 0 saturated heterocycles. The van der Waals surface area contributed by atoms with Gasteiger partial charge in [-0.15, -0.1) is 0 Å². The predicted octanol–water partition coefficient (Wildman–Crippen LogP) is 3.26. The summed E-state index contributed by atoms with van der Waals surface area (Å²) in [7, 11) is 0. The maximum Gasteiger partial charge on any atom is 0.354 e. The van der Waals surface area contributed by atoms with Crippen molar-refractivity contribution in [3.05, 3.63) is 34.9 Å². The van der Waals surface area contributed by atoms with Crippen LogP contribution in [0.25, 0.3) is 0 Å². The summed E-state index contributed by atoms with van der Waals surface area (Å²) in [5, 5.41) is 3.91. The van der Waals surface area contributed by atoms with Crippen LogP contribution in [0.15, 0.2) is 17.3 Å². The van der Waals surface area contributed by atoms with Crippen molar-refractivity contribution in [3.8, 4) is 0 Å². The Labute approximate surface area is 127 Å². The summed E-state index contributed by atoms with van der Waals surface area (Å²) in [4.78, 5) is 17.8. The third kappa shape index (κ3) is 2.26. The maximum absolute atomic E-state index is 13.8. The lowest BCUT2D eigenvalue weighted by Crippen LogP contribution is -2.43. The fourth-order valence-corrected chi connectivity index (χ4v) is 3.31. The molecule has 1 fully saturated rings. The molecular formula is C16H17F2NO3. The third-order valence-corrected chi connectivity index (χ3v) is 4.54. The number of esters is 1. The molecule has 1 saturated carbocycles. The normalized spacial score (nSPS) is 26.4. The van der Waals surface area contributed by atoms with Crippen LogP contribution in [0, 0.1) is 24.5 Å². The molecule has 0 spiro atoms. The first kappa shape index (κ1) is 14.9. The van der Waals surface area contributed by atoms with E-state index in [1.165, 1.54) is 6.07 Å². The van der Waals surface area contributed by atoms with Crippen molar-refractivity contribution in [2.75, 3.05) is 0 Å². The second kappa shape index (κ2) is 5.34. The highest BCUT2D eigenvalue weighted by Gasteiger charge is 2.57. The minimum absolute atomic E-state index is 0.0702. The standard InChI is InChI=1S/C16H17F2NO3/c1-9-6-11(17)7-14(18)12(9)8-21-15(20)16-5-3-4-13(16)10(2)19-22-16/h6-7,13H,3-5,8H2,1-2H3. The minimum Gasteiger partial charge on any atom is -0.458 e. The summed E-state index contributed by atoms with van der Waals surface area (Å²) >= 11 is 0. The van der Waals surface area contributed by atoms with Crippen molar-refractivity contribution in [1.82, 2.24) is 0 Å². The van der Waals surface area contributed by atoms with Gasteiger partial charge >= 0.3 is 5.97 Å². The van der Waals surface area contributed by atoms with Crippen LogP contribution in [0.4, 0.5) is 8.78 Å². The molecule has 6 heteroatoms. The lowest BCUT2D eigenvalue weighted by atomic mass is 9.88. The molecule has 3 rings (SSSR count). The van der Waals surface area contributed by atoms with Crippen molar-refractivity contribution in [1.29, 1.82) is 0 Å². The van der Waals surface area contributed by atoms with E-state index in [0.717, 1.165) is 24.6 Å². The largest absolute Gasteiger partial charge is 0.458 e. The van der Waals surface area contributed by atoms with Crippen molar-refractivity contribution in [3.63, 3.8) is 0 Å². The second-order valence-electron chi connectivity index (χ2n) is 5.92. The van der Waals surface area contributed by atoms with Crippen molar-refractivity contribution in [2.45, 2.75) is 45.3 Å². The molecule has 2 aliphatic rings. The summed E-state index contributed by atoms with van der Waals surface area (Å²) < 4.78 is 32.1. The van der Waals surface area contributed by atoms with Crippen LogP contribution in [0.2, 0.25) is 0 Å². The number of rotatable bonds is 3. The fraction of sp³-hybridized carbons (Fsp3) is 0.500. The van der Waals surface area contributed by atoms with Crippen LogP contribution < -0.4 is 0 Å². The molecule has 4 nitrogen and oxygen atoms in total. The monoisotopic (exact) mass is 309 g/mol. The SMILES string of the molecule is CC1=NOC2(C(=O)OCc3c(C)cc(F)cc3F)CCCC12. The summed E-state index contributed by atoms with van der Waals surface area (Å²) in [6.45, 7) is 3.16. The topological polar surface area (TPSA) is 47.9 Å². The number of nitrogens with zero attached hydrogens (tertiary/aromatic N) is 1. The van der Waals surface area contributed by atoms with Gasteiger partial charge in [-0.2, -0.15) is 0 Å². The van der Waals surface area contributed by atoms with Crippen molar-refractivity contribution in [2.24, 2.45) is 11.1 Å². The number of ether oxygens (including phenoxy) is 1. The molecule has 1 aliphatic heterocycles. The van der Waals surface area contributed by atoms with Crippen LogP contribution in [0.3, 0.4) is 0 Å². The van der Waals surface area contributed by atoms with Gasteiger partial charge in [-0.05, 0) is 38.3 Å². The molecule has 118 valence electrons. The third-order valence-electron chi connectivity index (χ3n) is 4.54. The number of aryl methyl sites for hydroxylation is 1. The van der Waals surface area contributed by atoms with Crippen LogP contribution in [0.5, 0.6) is 0 Å². The van der Waals surface area contributed by atoms with E-state index in [0.29, 0.717) is 12.0 Å². The Bertz CT molecular complexity index is 636. The first-order chi connectivity index (χ1) is 10.4. The molecule has 0 amide bonds. The Hall–Kier alpha value is -1.98. The predicted molar refractivity (Wildman–Crippen MR) is 75.2 cm³/mol. The Balaban J connectivity index is 1.74. The van der Waals surface area contributed by atoms with Crippen LogP contribution in [-0.2, 0) is 21.0 Å². The number of benzene rings is 1. The van der Waals surface area contributed by atoms with E-state index in [1.54, 1.807) is 6.92 Å². The number of hydrogen-bond donors (Lipinski definition) is 0. The van der Waals surface area contributed by atoms with Crippen molar-refractivity contribution >= 4 is 11.7 Å². The number of carbonyl (C=O) groups is 1. The molecule has 22 heavy (non-hydrogen) atoms. The van der Waals surface area contributed by atoms with E-state index in [1.807, 2.05) is 6.92 Å². The van der Waals surface area contributed by atoms with Gasteiger partial charge in [0, 0.05) is 18.1 Å². The lowest BCUT2D eigenvalue weighted by molar-refractivity contribution is -0.173. The molecule has 2 unspecified atom stereocenters. The van der Waals surface area contributed by atoms with Gasteiger partial charge in [-0.25, -0.2) is 13.6 Å². The van der Waals surface area contributed by atoms with Gasteiger partial charge in [-0.1, -0.05) is 5.16 Å². The van der Waals surface area contributed by atoms with Gasteiger partial charge in [-0.3, -0.25) is 0 Å². The van der Waals surface area contributed by atoms with Gasteiger partial charge in [0.05, 0.1) is 11.6 Å². The smallest absolute Gasteiger partial charge is 0.354 e. The zero-order valence-electron chi connectivity index (χ0n) is 12.5. The average Bonchev–Trinajstić information content (AvgIpc) is 3.00. The summed E-state index contributed by atoms with van der Waals surface area (Å²) in [5.41, 5.74) is 0.314. The first-order valence-electron chi connectivity index (χ1n) is 7.28. The Morgan fingerprint density at radius 3 is 2.95 bits per heavy atom. The van der Waals surface area contributed by atoms with E-state index in [9.17, 15) is 13.6 Å². The second-order valence-corrected chi connectivity index (χ2v) is 5.92. The Morgan fingerprint density at radius 1 is 1.45 bits per heavy atom. The van der Waals surface area contributed by atoms with E-state index in [4.69, 9.17) is 9.57 Å². The highest BCUT2D eigenvalue weighted by Crippen LogP contribution is 2.44. The molecule has 0 bridgehead atoms. The Morgan fingerprint density at radius 2 is 2.23 bits per heavy atom. The van der Waals surface area contributed by atoms with Gasteiger partial charge in [0.15, 0.2) is 0 Å². The van der Waals surface area contributed by atoms with Gasteiger partial charge < -0.3 is 9.57 Å². The molecule has 0 radical (unpaired) electrons. The summed E-state index contributed by atoms with van der Waals surface area (Å²) in [5.74, 6) is -1.97. The molecule has 1 aliphatic carbocycles. The summed E-state index contributed by atoms with van der Waals surface area (Å²) in [6, 6.07) is 1.99. The first-order valence-corrected chi connectivity index (χ1v) is 7.28. The summed E-state index contributed by atoms with van der Waals surface area (Å²) in [6.07, 6.45) is 2.23. The molecule has 0 aromatic heterocycles. The number of fused-ring (bicyclic) bond motifs is 1. The van der Waals surface area contributed by atoms with E-state index in [2.05, 4.69) is 5.16 Å². The van der Waals surface area contributed by atoms with Gasteiger partial charge in [0.1, 0.15) is 18.2 Å². The lowest BCUT2D eigenvalue weighted by Gasteiger charge is -2.24. The zero-order chi connectivity index (χ0) is 15.9. The number of halogens is 2. The fourth-order valence-electron chi connectivity index (χ4n) is 3.31. The quantitative estimate of drug-likeness (QED) is 0.805. The van der Waals surface area contributed by atoms with E-state index >= 15 is 0 Å². The van der Waals surface area contributed by atoms with E-state index < -0.39 is 23.2 Å². The minimum atomic E-state index is -1.06. The van der Waals surface area contributed by atoms with Crippen molar-refractivity contribution < 1.29 is 23.1 Å². The number of hydrogen-bond acceptors (Lipinski definition) is 4. The molecule has 2 atom stereocenters. The van der Waals surface area contributed by atoms with Crippen LogP contribution in [-0.4, -0.2) is 17.3 Å². The number of oxime groups is 1. The molecule has 1 aromatic carbocycles. The highest BCUT2D eigenvalue weighted by atomic mass is 19.1. The molecule has 1 aromatic rings. The van der Waals surface area contributed by atoms with E-state index in [-0.39, 0.29) is 18.1 Å². The maximum atomic E-state index is 13.8. The van der Waals surface area contributed by atoms with Gasteiger partial charge in [0.2, 0.25) is 5.60 Å². The highest BCUT2D eigenvalue weighted by molar-refractivity contribution is 5.95. The molecule has 1 heterocycles. The van der Waals surface area contributed by atoms with Crippen LogP contribution >= 0.6 is 0 Å². The molecular weight excluding hydrogens is 292 g/mol. The average molecular weight is 309 g/mol.